The van der Waals surface area contributed by atoms with Crippen molar-refractivity contribution in [2.24, 2.45) is 0 Å². The number of amides is 1. The van der Waals surface area contributed by atoms with E-state index >= 15 is 0 Å². The highest BCUT2D eigenvalue weighted by Crippen LogP contribution is 2.30. The van der Waals surface area contributed by atoms with Gasteiger partial charge in [0.1, 0.15) is 0 Å². The van der Waals surface area contributed by atoms with Gasteiger partial charge in [0.25, 0.3) is 0 Å². The summed E-state index contributed by atoms with van der Waals surface area (Å²) in [7, 11) is 0. The number of nitrogens with zero attached hydrogens (tertiary/aromatic N) is 3. The minimum absolute atomic E-state index is 0. The lowest BCUT2D eigenvalue weighted by atomic mass is 10.2. The van der Waals surface area contributed by atoms with Crippen molar-refractivity contribution in [2.75, 3.05) is 36.8 Å². The maximum absolute atomic E-state index is 13.2. The highest BCUT2D eigenvalue weighted by Gasteiger charge is 2.20. The van der Waals surface area contributed by atoms with E-state index in [-0.39, 0.29) is 18.3 Å². The van der Waals surface area contributed by atoms with Gasteiger partial charge in [0, 0.05) is 18.0 Å². The predicted octanol–water partition coefficient (Wildman–Crippen LogP) is 5.75. The van der Waals surface area contributed by atoms with E-state index < -0.39 is 0 Å². The van der Waals surface area contributed by atoms with E-state index in [1.54, 1.807) is 23.1 Å². The summed E-state index contributed by atoms with van der Waals surface area (Å²) in [6, 6.07) is 16.5. The van der Waals surface area contributed by atoms with Gasteiger partial charge in [-0.05, 0) is 49.3 Å². The van der Waals surface area contributed by atoms with Crippen LogP contribution >= 0.6 is 35.5 Å². The zero-order valence-corrected chi connectivity index (χ0v) is 20.3. The Morgan fingerprint density at radius 3 is 2.43 bits per heavy atom. The van der Waals surface area contributed by atoms with Crippen molar-refractivity contribution in [1.29, 1.82) is 0 Å². The molecular weight excluding hydrogens is 434 g/mol. The zero-order chi connectivity index (χ0) is 20.6. The molecule has 2 aromatic carbocycles. The van der Waals surface area contributed by atoms with E-state index in [4.69, 9.17) is 4.98 Å². The molecule has 0 aliphatic carbocycles. The number of thioether (sulfide) groups is 1. The Labute approximate surface area is 194 Å². The minimum Gasteiger partial charge on any atom is -0.302 e. The number of rotatable bonds is 10. The monoisotopic (exact) mass is 463 g/mol. The van der Waals surface area contributed by atoms with Crippen LogP contribution in [0.3, 0.4) is 0 Å². The molecule has 3 rings (SSSR count). The second kappa shape index (κ2) is 12.3. The Balaban J connectivity index is 0.00000320. The molecule has 0 saturated carbocycles. The average Bonchev–Trinajstić information content (AvgIpc) is 3.18. The SMILES string of the molecule is CCc1ccc2nc(N(CCN(CC)CC)C(=O)CSc3ccccc3)sc2c1.Cl. The third-order valence-corrected chi connectivity index (χ3v) is 7.06. The fraction of sp³-hybridized carbons (Fsp3) is 0.391. The first-order valence-electron chi connectivity index (χ1n) is 10.2. The van der Waals surface area contributed by atoms with Crippen molar-refractivity contribution >= 4 is 56.8 Å². The summed E-state index contributed by atoms with van der Waals surface area (Å²) in [6.45, 7) is 9.95. The van der Waals surface area contributed by atoms with Crippen molar-refractivity contribution in [3.05, 3.63) is 54.1 Å². The normalized spacial score (nSPS) is 10.9. The van der Waals surface area contributed by atoms with Gasteiger partial charge in [-0.3, -0.25) is 9.69 Å². The Kier molecular flexibility index (Phi) is 10.1. The smallest absolute Gasteiger partial charge is 0.239 e. The number of aromatic nitrogens is 1. The molecule has 1 heterocycles. The first-order valence-corrected chi connectivity index (χ1v) is 12.0. The van der Waals surface area contributed by atoms with E-state index in [0.29, 0.717) is 12.3 Å². The molecule has 0 atom stereocenters. The van der Waals surface area contributed by atoms with Gasteiger partial charge in [-0.25, -0.2) is 4.98 Å². The van der Waals surface area contributed by atoms with Crippen LogP contribution in [-0.2, 0) is 11.2 Å². The van der Waals surface area contributed by atoms with Crippen molar-refractivity contribution in [2.45, 2.75) is 32.1 Å². The number of carbonyl (C=O) groups excluding carboxylic acids is 1. The molecule has 4 nitrogen and oxygen atoms in total. The van der Waals surface area contributed by atoms with E-state index in [1.165, 1.54) is 5.56 Å². The van der Waals surface area contributed by atoms with E-state index in [0.717, 1.165) is 46.3 Å². The number of aryl methyl sites for hydroxylation is 1. The molecule has 0 unspecified atom stereocenters. The molecule has 0 aliphatic rings. The van der Waals surface area contributed by atoms with Gasteiger partial charge in [-0.2, -0.15) is 0 Å². The number of carbonyl (C=O) groups is 1. The molecule has 0 spiro atoms. The van der Waals surface area contributed by atoms with Crippen LogP contribution in [0.5, 0.6) is 0 Å². The Morgan fingerprint density at radius 1 is 1.03 bits per heavy atom. The standard InChI is InChI=1S/C23H29N3OS2.ClH/c1-4-18-12-13-20-21(16-18)29-23(24-20)26(15-14-25(5-2)6-3)22(27)17-28-19-10-8-7-9-11-19;/h7-13,16H,4-6,14-15,17H2,1-3H3;1H. The maximum Gasteiger partial charge on any atom is 0.239 e. The van der Waals surface area contributed by atoms with Crippen LogP contribution < -0.4 is 4.90 Å². The Morgan fingerprint density at radius 2 is 1.77 bits per heavy atom. The maximum atomic E-state index is 13.2. The van der Waals surface area contributed by atoms with Crippen LogP contribution in [0.25, 0.3) is 10.2 Å². The van der Waals surface area contributed by atoms with Crippen molar-refractivity contribution < 1.29 is 4.79 Å². The van der Waals surface area contributed by atoms with Crippen LogP contribution in [-0.4, -0.2) is 47.7 Å². The van der Waals surface area contributed by atoms with Gasteiger partial charge in [-0.15, -0.1) is 24.2 Å². The molecular formula is C23H30ClN3OS2. The largest absolute Gasteiger partial charge is 0.302 e. The van der Waals surface area contributed by atoms with Crippen LogP contribution in [0.15, 0.2) is 53.4 Å². The summed E-state index contributed by atoms with van der Waals surface area (Å²) in [4.78, 5) is 23.3. The molecule has 7 heteroatoms. The van der Waals surface area contributed by atoms with Gasteiger partial charge >= 0.3 is 0 Å². The lowest BCUT2D eigenvalue weighted by molar-refractivity contribution is -0.116. The second-order valence-electron chi connectivity index (χ2n) is 6.83. The summed E-state index contributed by atoms with van der Waals surface area (Å²) >= 11 is 3.20. The number of likely N-dealkylation sites (N-methyl/N-ethyl adjacent to an activating group) is 1. The summed E-state index contributed by atoms with van der Waals surface area (Å²) in [5.41, 5.74) is 2.27. The van der Waals surface area contributed by atoms with Gasteiger partial charge in [0.05, 0.1) is 16.0 Å². The number of hydrogen-bond acceptors (Lipinski definition) is 5. The molecule has 0 aliphatic heterocycles. The lowest BCUT2D eigenvalue weighted by Crippen LogP contribution is -2.39. The molecule has 0 fully saturated rings. The number of anilines is 1. The van der Waals surface area contributed by atoms with Crippen molar-refractivity contribution in [1.82, 2.24) is 9.88 Å². The van der Waals surface area contributed by atoms with Crippen LogP contribution in [0, 0.1) is 0 Å². The van der Waals surface area contributed by atoms with Crippen LogP contribution in [0.4, 0.5) is 5.13 Å². The molecule has 0 saturated heterocycles. The second-order valence-corrected chi connectivity index (χ2v) is 8.88. The third-order valence-electron chi connectivity index (χ3n) is 5.02. The fourth-order valence-electron chi connectivity index (χ4n) is 3.14. The molecule has 162 valence electrons. The Bertz CT molecular complexity index is 929. The predicted molar refractivity (Wildman–Crippen MR) is 134 cm³/mol. The van der Waals surface area contributed by atoms with Crippen molar-refractivity contribution in [3.8, 4) is 0 Å². The average molecular weight is 464 g/mol. The summed E-state index contributed by atoms with van der Waals surface area (Å²) < 4.78 is 1.15. The summed E-state index contributed by atoms with van der Waals surface area (Å²) in [5, 5.41) is 0.805. The van der Waals surface area contributed by atoms with Gasteiger partial charge < -0.3 is 4.90 Å². The third kappa shape index (κ3) is 6.45. The molecule has 1 amide bonds. The topological polar surface area (TPSA) is 36.4 Å². The fourth-order valence-corrected chi connectivity index (χ4v) is 5.01. The van der Waals surface area contributed by atoms with E-state index in [2.05, 4.69) is 43.9 Å². The quantitative estimate of drug-likeness (QED) is 0.359. The first kappa shape index (κ1) is 24.7. The highest BCUT2D eigenvalue weighted by molar-refractivity contribution is 8.00. The van der Waals surface area contributed by atoms with Crippen molar-refractivity contribution in [3.63, 3.8) is 0 Å². The van der Waals surface area contributed by atoms with E-state index in [1.807, 2.05) is 35.2 Å². The number of hydrogen-bond donors (Lipinski definition) is 0. The summed E-state index contributed by atoms with van der Waals surface area (Å²) in [5.74, 6) is 0.527. The first-order chi connectivity index (χ1) is 14.1. The molecule has 30 heavy (non-hydrogen) atoms. The van der Waals surface area contributed by atoms with Crippen LogP contribution in [0.2, 0.25) is 0 Å². The molecule has 0 N–H and O–H groups in total. The highest BCUT2D eigenvalue weighted by atomic mass is 35.5. The van der Waals surface area contributed by atoms with Gasteiger partial charge in [0.2, 0.25) is 5.91 Å². The zero-order valence-electron chi connectivity index (χ0n) is 17.8. The van der Waals surface area contributed by atoms with Gasteiger partial charge in [0.15, 0.2) is 5.13 Å². The number of fused-ring (bicyclic) bond motifs is 1. The molecule has 0 bridgehead atoms. The lowest BCUT2D eigenvalue weighted by Gasteiger charge is -2.24. The summed E-state index contributed by atoms with van der Waals surface area (Å²) in [6.07, 6.45) is 1.00. The molecule has 1 aromatic heterocycles. The molecule has 3 aromatic rings. The minimum atomic E-state index is 0. The van der Waals surface area contributed by atoms with E-state index in [9.17, 15) is 4.79 Å². The Hall–Kier alpha value is -1.60. The number of thiazole rings is 1. The number of halogens is 1. The van der Waals surface area contributed by atoms with Gasteiger partial charge in [-0.1, -0.05) is 56.4 Å². The molecule has 0 radical (unpaired) electrons. The number of benzene rings is 2. The van der Waals surface area contributed by atoms with Crippen LogP contribution in [0.1, 0.15) is 26.3 Å².